The lowest BCUT2D eigenvalue weighted by Gasteiger charge is -1.99. The zero-order valence-electron chi connectivity index (χ0n) is 6.42. The molecule has 60 valence electrons. The Morgan fingerprint density at radius 3 is 2.91 bits per heavy atom. The van der Waals surface area contributed by atoms with Gasteiger partial charge in [-0.15, -0.1) is 0 Å². The van der Waals surface area contributed by atoms with E-state index in [9.17, 15) is 9.59 Å². The fraction of sp³-hybridized carbons (Fsp3) is 0.500. The van der Waals surface area contributed by atoms with Gasteiger partial charge in [-0.25, -0.2) is 4.79 Å². The van der Waals surface area contributed by atoms with Crippen LogP contribution in [-0.4, -0.2) is 18.4 Å². The summed E-state index contributed by atoms with van der Waals surface area (Å²) in [5, 5.41) is 0. The topological polar surface area (TPSA) is 43.4 Å². The number of Topliss-reactive ketones (excluding diaryl/α,β-unsaturated/α-hetero) is 1. The van der Waals surface area contributed by atoms with E-state index in [1.54, 1.807) is 13.0 Å². The van der Waals surface area contributed by atoms with Gasteiger partial charge in [-0.1, -0.05) is 6.08 Å². The maximum atomic E-state index is 10.9. The number of esters is 1. The van der Waals surface area contributed by atoms with Gasteiger partial charge < -0.3 is 4.74 Å². The fourth-order valence-electron chi connectivity index (χ4n) is 1.00. The Hall–Kier alpha value is -1.12. The first-order valence-corrected chi connectivity index (χ1v) is 3.66. The summed E-state index contributed by atoms with van der Waals surface area (Å²) in [6.45, 7) is 2.04. The molecule has 1 aliphatic carbocycles. The van der Waals surface area contributed by atoms with Gasteiger partial charge in [-0.05, 0) is 13.3 Å². The predicted molar refractivity (Wildman–Crippen MR) is 39.0 cm³/mol. The standard InChI is InChI=1S/C8H10O3/c1-2-11-8(10)6-4-3-5-7(6)9/h4H,2-3,5H2,1H3. The van der Waals surface area contributed by atoms with Crippen molar-refractivity contribution in [2.24, 2.45) is 0 Å². The van der Waals surface area contributed by atoms with Gasteiger partial charge in [0.05, 0.1) is 12.2 Å². The average Bonchev–Trinajstić information content (AvgIpc) is 2.36. The number of ether oxygens (including phenoxy) is 1. The Bertz CT molecular complexity index is 215. The molecule has 0 atom stereocenters. The van der Waals surface area contributed by atoms with Crippen molar-refractivity contribution in [2.45, 2.75) is 19.8 Å². The lowest BCUT2D eigenvalue weighted by molar-refractivity contribution is -0.139. The van der Waals surface area contributed by atoms with E-state index in [1.807, 2.05) is 0 Å². The first kappa shape index (κ1) is 7.98. The normalized spacial score (nSPS) is 16.5. The Morgan fingerprint density at radius 2 is 2.45 bits per heavy atom. The van der Waals surface area contributed by atoms with Crippen LogP contribution in [0.1, 0.15) is 19.8 Å². The highest BCUT2D eigenvalue weighted by Crippen LogP contribution is 2.14. The van der Waals surface area contributed by atoms with E-state index in [2.05, 4.69) is 4.74 Å². The lowest BCUT2D eigenvalue weighted by atomic mass is 10.2. The molecule has 0 heterocycles. The summed E-state index contributed by atoms with van der Waals surface area (Å²) in [6, 6.07) is 0. The van der Waals surface area contributed by atoms with Gasteiger partial charge in [-0.2, -0.15) is 0 Å². The molecule has 3 nitrogen and oxygen atoms in total. The summed E-state index contributed by atoms with van der Waals surface area (Å²) in [7, 11) is 0. The van der Waals surface area contributed by atoms with E-state index in [0.717, 1.165) is 0 Å². The number of hydrogen-bond acceptors (Lipinski definition) is 3. The molecule has 0 amide bonds. The van der Waals surface area contributed by atoms with E-state index in [4.69, 9.17) is 0 Å². The number of rotatable bonds is 2. The molecule has 3 heteroatoms. The monoisotopic (exact) mass is 154 g/mol. The van der Waals surface area contributed by atoms with Crippen molar-refractivity contribution in [3.8, 4) is 0 Å². The summed E-state index contributed by atoms with van der Waals surface area (Å²) in [4.78, 5) is 21.9. The largest absolute Gasteiger partial charge is 0.462 e. The molecule has 0 bridgehead atoms. The summed E-state index contributed by atoms with van der Waals surface area (Å²) < 4.78 is 4.67. The molecule has 0 N–H and O–H groups in total. The van der Waals surface area contributed by atoms with Crippen LogP contribution in [0, 0.1) is 0 Å². The van der Waals surface area contributed by atoms with Crippen LogP contribution in [0.4, 0.5) is 0 Å². The minimum absolute atomic E-state index is 0.0940. The Kier molecular flexibility index (Phi) is 2.41. The summed E-state index contributed by atoms with van der Waals surface area (Å²) >= 11 is 0. The van der Waals surface area contributed by atoms with E-state index >= 15 is 0 Å². The lowest BCUT2D eigenvalue weighted by Crippen LogP contribution is -2.12. The minimum Gasteiger partial charge on any atom is -0.462 e. The first-order valence-electron chi connectivity index (χ1n) is 3.66. The van der Waals surface area contributed by atoms with Crippen LogP contribution in [0.2, 0.25) is 0 Å². The second-order valence-corrected chi connectivity index (χ2v) is 2.30. The Morgan fingerprint density at radius 1 is 1.73 bits per heavy atom. The fourth-order valence-corrected chi connectivity index (χ4v) is 1.00. The van der Waals surface area contributed by atoms with Crippen LogP contribution in [0.3, 0.4) is 0 Å². The number of carbonyl (C=O) groups is 2. The maximum absolute atomic E-state index is 10.9. The molecule has 0 aliphatic heterocycles. The van der Waals surface area contributed by atoms with E-state index in [-0.39, 0.29) is 11.4 Å². The molecular weight excluding hydrogens is 144 g/mol. The van der Waals surface area contributed by atoms with E-state index in [1.165, 1.54) is 0 Å². The SMILES string of the molecule is CCOC(=O)C1=CCCC1=O. The highest BCUT2D eigenvalue weighted by Gasteiger charge is 2.22. The molecule has 0 aromatic rings. The van der Waals surface area contributed by atoms with Crippen LogP contribution in [0.25, 0.3) is 0 Å². The molecule has 0 spiro atoms. The highest BCUT2D eigenvalue weighted by atomic mass is 16.5. The molecule has 0 radical (unpaired) electrons. The van der Waals surface area contributed by atoms with Gasteiger partial charge in [0.25, 0.3) is 0 Å². The molecule has 0 saturated carbocycles. The van der Waals surface area contributed by atoms with Gasteiger partial charge in [-0.3, -0.25) is 4.79 Å². The van der Waals surface area contributed by atoms with Crippen molar-refractivity contribution >= 4 is 11.8 Å². The molecule has 0 aromatic heterocycles. The van der Waals surface area contributed by atoms with Crippen LogP contribution in [0.5, 0.6) is 0 Å². The minimum atomic E-state index is -0.477. The van der Waals surface area contributed by atoms with Crippen molar-refractivity contribution < 1.29 is 14.3 Å². The summed E-state index contributed by atoms with van der Waals surface area (Å²) in [5.41, 5.74) is 0.229. The van der Waals surface area contributed by atoms with Crippen molar-refractivity contribution in [1.82, 2.24) is 0 Å². The predicted octanol–water partition coefficient (Wildman–Crippen LogP) is 0.839. The third kappa shape index (κ3) is 1.67. The van der Waals surface area contributed by atoms with Crippen molar-refractivity contribution in [2.75, 3.05) is 6.61 Å². The van der Waals surface area contributed by atoms with Gasteiger partial charge in [0.15, 0.2) is 5.78 Å². The molecule has 0 saturated heterocycles. The van der Waals surface area contributed by atoms with Gasteiger partial charge in [0.1, 0.15) is 0 Å². The molecule has 0 fully saturated rings. The number of allylic oxidation sites excluding steroid dienone is 1. The molecular formula is C8H10O3. The van der Waals surface area contributed by atoms with Crippen LogP contribution in [-0.2, 0) is 14.3 Å². The molecule has 0 aromatic carbocycles. The van der Waals surface area contributed by atoms with Crippen LogP contribution < -0.4 is 0 Å². The second-order valence-electron chi connectivity index (χ2n) is 2.30. The number of hydrogen-bond donors (Lipinski definition) is 0. The first-order chi connectivity index (χ1) is 5.25. The molecule has 1 aliphatic rings. The van der Waals surface area contributed by atoms with Gasteiger partial charge in [0, 0.05) is 6.42 Å². The smallest absolute Gasteiger partial charge is 0.341 e. The van der Waals surface area contributed by atoms with E-state index < -0.39 is 5.97 Å². The molecule has 0 unspecified atom stereocenters. The summed E-state index contributed by atoms with van der Waals surface area (Å²) in [5.74, 6) is -0.571. The third-order valence-corrected chi connectivity index (χ3v) is 1.52. The quantitative estimate of drug-likeness (QED) is 0.437. The second kappa shape index (κ2) is 3.32. The van der Waals surface area contributed by atoms with Crippen LogP contribution >= 0.6 is 0 Å². The molecule has 11 heavy (non-hydrogen) atoms. The maximum Gasteiger partial charge on any atom is 0.341 e. The Balaban J connectivity index is 2.60. The van der Waals surface area contributed by atoms with Crippen LogP contribution in [0.15, 0.2) is 11.6 Å². The van der Waals surface area contributed by atoms with Crippen molar-refractivity contribution in [3.63, 3.8) is 0 Å². The van der Waals surface area contributed by atoms with Crippen molar-refractivity contribution in [3.05, 3.63) is 11.6 Å². The van der Waals surface area contributed by atoms with E-state index in [0.29, 0.717) is 19.4 Å². The third-order valence-electron chi connectivity index (χ3n) is 1.52. The zero-order valence-corrected chi connectivity index (χ0v) is 6.42. The zero-order chi connectivity index (χ0) is 8.27. The van der Waals surface area contributed by atoms with Gasteiger partial charge in [0.2, 0.25) is 0 Å². The number of ketones is 1. The Labute approximate surface area is 65.0 Å². The highest BCUT2D eigenvalue weighted by molar-refractivity contribution is 6.18. The average molecular weight is 154 g/mol. The molecule has 1 rings (SSSR count). The van der Waals surface area contributed by atoms with Crippen molar-refractivity contribution in [1.29, 1.82) is 0 Å². The summed E-state index contributed by atoms with van der Waals surface area (Å²) in [6.07, 6.45) is 2.77. The number of carbonyl (C=O) groups excluding carboxylic acids is 2. The van der Waals surface area contributed by atoms with Gasteiger partial charge >= 0.3 is 5.97 Å².